The normalized spacial score (nSPS) is 11.0. The molecule has 0 atom stereocenters. The molecule has 1 aromatic carbocycles. The maximum Gasteiger partial charge on any atom is 0.343 e. The highest BCUT2D eigenvalue weighted by Gasteiger charge is 2.21. The molecular weight excluding hydrogens is 276 g/mol. The molecule has 0 saturated carbocycles. The molecule has 2 aromatic heterocycles. The van der Waals surface area contributed by atoms with Crippen molar-refractivity contribution in [1.82, 2.24) is 14.7 Å². The number of aromatic nitrogens is 4. The molecule has 2 heterocycles. The van der Waals surface area contributed by atoms with Gasteiger partial charge in [0, 0.05) is 17.2 Å². The molecule has 3 aromatic rings. The lowest BCUT2D eigenvalue weighted by Crippen LogP contribution is -2.33. The monoisotopic (exact) mass is 288 g/mol. The summed E-state index contributed by atoms with van der Waals surface area (Å²) in [7, 11) is 1.26. The van der Waals surface area contributed by atoms with Gasteiger partial charge < -0.3 is 14.7 Å². The summed E-state index contributed by atoms with van der Waals surface area (Å²) in [6, 6.07) is 4.95. The largest absolute Gasteiger partial charge is 0.594 e. The third-order valence-electron chi connectivity index (χ3n) is 3.03. The SMILES string of the molecule is CCOc1ccc2c(c1)n1ncc(C(=O)OC)c1n[n+]2[O-]. The Morgan fingerprint density at radius 3 is 3.00 bits per heavy atom. The van der Waals surface area contributed by atoms with Crippen molar-refractivity contribution in [2.24, 2.45) is 0 Å². The summed E-state index contributed by atoms with van der Waals surface area (Å²) >= 11 is 0. The summed E-state index contributed by atoms with van der Waals surface area (Å²) in [5.41, 5.74) is 1.09. The van der Waals surface area contributed by atoms with Crippen LogP contribution in [-0.2, 0) is 4.74 Å². The van der Waals surface area contributed by atoms with E-state index in [0.717, 1.165) is 0 Å². The lowest BCUT2D eigenvalue weighted by atomic mass is 10.3. The molecule has 0 aliphatic heterocycles. The van der Waals surface area contributed by atoms with Gasteiger partial charge in [-0.25, -0.2) is 9.31 Å². The molecule has 0 fully saturated rings. The van der Waals surface area contributed by atoms with Crippen LogP contribution in [0.5, 0.6) is 5.75 Å². The zero-order valence-corrected chi connectivity index (χ0v) is 11.4. The molecule has 21 heavy (non-hydrogen) atoms. The van der Waals surface area contributed by atoms with Gasteiger partial charge in [-0.2, -0.15) is 5.10 Å². The van der Waals surface area contributed by atoms with E-state index in [0.29, 0.717) is 28.2 Å². The highest BCUT2D eigenvalue weighted by atomic mass is 16.5. The van der Waals surface area contributed by atoms with E-state index in [9.17, 15) is 10.0 Å². The van der Waals surface area contributed by atoms with Gasteiger partial charge in [-0.3, -0.25) is 0 Å². The van der Waals surface area contributed by atoms with Gasteiger partial charge in [-0.15, -0.1) is 0 Å². The van der Waals surface area contributed by atoms with Crippen molar-refractivity contribution in [2.45, 2.75) is 6.92 Å². The van der Waals surface area contributed by atoms with Crippen LogP contribution in [0.2, 0.25) is 0 Å². The Bertz CT molecular complexity index is 843. The minimum absolute atomic E-state index is 0.130. The van der Waals surface area contributed by atoms with Crippen LogP contribution in [-0.4, -0.2) is 34.4 Å². The number of ether oxygens (including phenoxy) is 2. The fourth-order valence-electron chi connectivity index (χ4n) is 2.10. The molecule has 0 unspecified atom stereocenters. The van der Waals surface area contributed by atoms with Crippen molar-refractivity contribution in [3.05, 3.63) is 35.2 Å². The third-order valence-corrected chi connectivity index (χ3v) is 3.03. The zero-order valence-electron chi connectivity index (χ0n) is 11.4. The molecule has 0 aliphatic carbocycles. The van der Waals surface area contributed by atoms with Crippen molar-refractivity contribution in [1.29, 1.82) is 0 Å². The van der Waals surface area contributed by atoms with Crippen molar-refractivity contribution in [3.8, 4) is 5.75 Å². The minimum atomic E-state index is -0.599. The Labute approximate surface area is 119 Å². The maximum absolute atomic E-state index is 12.0. The summed E-state index contributed by atoms with van der Waals surface area (Å²) in [6.45, 7) is 2.37. The first-order chi connectivity index (χ1) is 10.2. The van der Waals surface area contributed by atoms with Crippen molar-refractivity contribution >= 4 is 22.6 Å². The molecular formula is C13H12N4O4. The summed E-state index contributed by atoms with van der Waals surface area (Å²) in [5.74, 6) is 0.00503. The summed E-state index contributed by atoms with van der Waals surface area (Å²) in [4.78, 5) is 12.1. The van der Waals surface area contributed by atoms with Crippen molar-refractivity contribution in [3.63, 3.8) is 0 Å². The maximum atomic E-state index is 12.0. The van der Waals surface area contributed by atoms with Crippen LogP contribution in [0.3, 0.4) is 0 Å². The Kier molecular flexibility index (Phi) is 3.05. The lowest BCUT2D eigenvalue weighted by molar-refractivity contribution is -0.640. The van der Waals surface area contributed by atoms with Crippen LogP contribution in [0.4, 0.5) is 0 Å². The predicted molar refractivity (Wildman–Crippen MR) is 72.0 cm³/mol. The van der Waals surface area contributed by atoms with E-state index in [2.05, 4.69) is 14.9 Å². The Morgan fingerprint density at radius 2 is 2.29 bits per heavy atom. The van der Waals surface area contributed by atoms with Crippen LogP contribution in [0, 0.1) is 5.21 Å². The number of carbonyl (C=O) groups excluding carboxylic acids is 1. The molecule has 0 radical (unpaired) electrons. The number of hydrogen-bond acceptors (Lipinski definition) is 6. The summed E-state index contributed by atoms with van der Waals surface area (Å²) in [6.07, 6.45) is 1.32. The fourth-order valence-corrected chi connectivity index (χ4v) is 2.10. The van der Waals surface area contributed by atoms with Gasteiger partial charge in [0.25, 0.3) is 5.52 Å². The average molecular weight is 288 g/mol. The van der Waals surface area contributed by atoms with Crippen LogP contribution < -0.4 is 9.58 Å². The minimum Gasteiger partial charge on any atom is -0.594 e. The van der Waals surface area contributed by atoms with E-state index in [1.54, 1.807) is 18.2 Å². The van der Waals surface area contributed by atoms with Gasteiger partial charge in [0.05, 0.1) is 19.9 Å². The van der Waals surface area contributed by atoms with Crippen molar-refractivity contribution in [2.75, 3.05) is 13.7 Å². The molecule has 0 N–H and O–H groups in total. The van der Waals surface area contributed by atoms with Gasteiger partial charge in [-0.1, -0.05) is 0 Å². The Hall–Kier alpha value is -2.90. The molecule has 8 nitrogen and oxygen atoms in total. The number of rotatable bonds is 3. The molecule has 0 bridgehead atoms. The number of fused-ring (bicyclic) bond motifs is 3. The molecule has 108 valence electrons. The highest BCUT2D eigenvalue weighted by Crippen LogP contribution is 2.20. The van der Waals surface area contributed by atoms with E-state index in [1.807, 2.05) is 6.92 Å². The molecule has 0 aliphatic rings. The summed E-state index contributed by atoms with van der Waals surface area (Å²) in [5, 5.41) is 19.9. The number of esters is 1. The number of benzene rings is 1. The topological polar surface area (TPSA) is 92.7 Å². The number of methoxy groups -OCH3 is 1. The van der Waals surface area contributed by atoms with Crippen molar-refractivity contribution < 1.29 is 19.1 Å². The van der Waals surface area contributed by atoms with Crippen LogP contribution in [0.15, 0.2) is 24.4 Å². The van der Waals surface area contributed by atoms with Gasteiger partial charge in [-0.05, 0) is 17.8 Å². The van der Waals surface area contributed by atoms with Crippen LogP contribution >= 0.6 is 0 Å². The first-order valence-corrected chi connectivity index (χ1v) is 6.28. The second kappa shape index (κ2) is 4.89. The number of hydrogen-bond donors (Lipinski definition) is 0. The van der Waals surface area contributed by atoms with Gasteiger partial charge >= 0.3 is 5.97 Å². The smallest absolute Gasteiger partial charge is 0.343 e. The average Bonchev–Trinajstić information content (AvgIpc) is 2.90. The standard InChI is InChI=1S/C13H12N4O4/c1-3-21-8-4-5-10-11(6-8)16-12(15-17(10)19)9(7-14-16)13(18)20-2/h4-7H,3H2,1-2H3. The van der Waals surface area contributed by atoms with Gasteiger partial charge in [0.1, 0.15) is 16.8 Å². The third kappa shape index (κ3) is 2.00. The van der Waals surface area contributed by atoms with E-state index < -0.39 is 5.97 Å². The van der Waals surface area contributed by atoms with Gasteiger partial charge in [0.2, 0.25) is 5.65 Å². The molecule has 0 amide bonds. The van der Waals surface area contributed by atoms with E-state index >= 15 is 0 Å². The fraction of sp³-hybridized carbons (Fsp3) is 0.231. The number of carbonyl (C=O) groups is 1. The molecule has 0 spiro atoms. The van der Waals surface area contributed by atoms with Crippen LogP contribution in [0.1, 0.15) is 17.3 Å². The molecule has 8 heteroatoms. The molecule has 0 saturated heterocycles. The van der Waals surface area contributed by atoms with Crippen LogP contribution in [0.25, 0.3) is 16.7 Å². The van der Waals surface area contributed by atoms with E-state index in [-0.39, 0.29) is 11.2 Å². The molecule has 3 rings (SSSR count). The van der Waals surface area contributed by atoms with E-state index in [1.165, 1.54) is 17.8 Å². The first-order valence-electron chi connectivity index (χ1n) is 6.28. The number of nitrogens with zero attached hydrogens (tertiary/aromatic N) is 4. The quantitative estimate of drug-likeness (QED) is 0.400. The predicted octanol–water partition coefficient (Wildman–Crippen LogP) is 0.701. The summed E-state index contributed by atoms with van der Waals surface area (Å²) < 4.78 is 11.5. The zero-order chi connectivity index (χ0) is 15.0. The Balaban J connectivity index is 2.33. The van der Waals surface area contributed by atoms with E-state index in [4.69, 9.17) is 4.74 Å². The first kappa shape index (κ1) is 13.1. The Morgan fingerprint density at radius 1 is 1.48 bits per heavy atom. The second-order valence-corrected chi connectivity index (χ2v) is 4.24. The lowest BCUT2D eigenvalue weighted by Gasteiger charge is -2.05. The highest BCUT2D eigenvalue weighted by molar-refractivity contribution is 5.96. The van der Waals surface area contributed by atoms with Gasteiger partial charge in [0.15, 0.2) is 0 Å². The second-order valence-electron chi connectivity index (χ2n) is 4.24.